The van der Waals surface area contributed by atoms with Crippen molar-refractivity contribution in [3.05, 3.63) is 29.3 Å². The van der Waals surface area contributed by atoms with Crippen LogP contribution in [0.25, 0.3) is 0 Å². The minimum Gasteiger partial charge on any atom is -0.497 e. The Bertz CT molecular complexity index is 389. The van der Waals surface area contributed by atoms with Gasteiger partial charge in [-0.05, 0) is 29.7 Å². The summed E-state index contributed by atoms with van der Waals surface area (Å²) in [6, 6.07) is 5.83. The van der Waals surface area contributed by atoms with Gasteiger partial charge in [-0.3, -0.25) is 4.79 Å². The van der Waals surface area contributed by atoms with Crippen LogP contribution in [-0.4, -0.2) is 23.4 Å². The molecule has 1 N–H and O–H groups in total. The highest BCUT2D eigenvalue weighted by Crippen LogP contribution is 2.32. The first-order chi connectivity index (χ1) is 7.20. The SMILES string of the molecule is COc1ccc2c(c1)CSC(C(=O)O)C2. The molecule has 1 heterocycles. The number of carboxylic acid groups (broad SMARTS) is 1. The van der Waals surface area contributed by atoms with Gasteiger partial charge in [-0.2, -0.15) is 0 Å². The molecule has 0 saturated heterocycles. The fourth-order valence-corrected chi connectivity index (χ4v) is 2.76. The van der Waals surface area contributed by atoms with E-state index in [0.717, 1.165) is 17.1 Å². The third-order valence-electron chi connectivity index (χ3n) is 2.53. The highest BCUT2D eigenvalue weighted by atomic mass is 32.2. The number of methoxy groups -OCH3 is 1. The molecule has 0 aliphatic carbocycles. The zero-order valence-corrected chi connectivity index (χ0v) is 9.21. The largest absolute Gasteiger partial charge is 0.497 e. The number of hydrogen-bond donors (Lipinski definition) is 1. The van der Waals surface area contributed by atoms with E-state index in [9.17, 15) is 4.79 Å². The second-order valence-electron chi connectivity index (χ2n) is 3.48. The first-order valence-electron chi connectivity index (χ1n) is 4.71. The molecule has 1 aromatic rings. The predicted octanol–water partition coefficient (Wildman–Crippen LogP) is 1.94. The van der Waals surface area contributed by atoms with Gasteiger partial charge in [-0.15, -0.1) is 11.8 Å². The summed E-state index contributed by atoms with van der Waals surface area (Å²) in [4.78, 5) is 10.8. The lowest BCUT2D eigenvalue weighted by atomic mass is 10.0. The Balaban J connectivity index is 2.24. The van der Waals surface area contributed by atoms with Crippen LogP contribution in [0.1, 0.15) is 11.1 Å². The Morgan fingerprint density at radius 3 is 3.00 bits per heavy atom. The smallest absolute Gasteiger partial charge is 0.316 e. The highest BCUT2D eigenvalue weighted by Gasteiger charge is 2.24. The molecule has 1 aliphatic heterocycles. The molecule has 15 heavy (non-hydrogen) atoms. The summed E-state index contributed by atoms with van der Waals surface area (Å²) in [6.07, 6.45) is 0.610. The van der Waals surface area contributed by atoms with Crippen LogP contribution >= 0.6 is 11.8 Å². The van der Waals surface area contributed by atoms with Crippen LogP contribution in [0.5, 0.6) is 5.75 Å². The van der Waals surface area contributed by atoms with Crippen molar-refractivity contribution in [2.24, 2.45) is 0 Å². The van der Waals surface area contributed by atoms with Gasteiger partial charge in [-0.1, -0.05) is 6.07 Å². The summed E-state index contributed by atoms with van der Waals surface area (Å²) in [6.45, 7) is 0. The van der Waals surface area contributed by atoms with E-state index in [1.807, 2.05) is 18.2 Å². The summed E-state index contributed by atoms with van der Waals surface area (Å²) >= 11 is 1.48. The van der Waals surface area contributed by atoms with Gasteiger partial charge in [0, 0.05) is 5.75 Å². The molecule has 0 amide bonds. The van der Waals surface area contributed by atoms with Gasteiger partial charge in [0.25, 0.3) is 0 Å². The molecule has 0 radical (unpaired) electrons. The monoisotopic (exact) mass is 224 g/mol. The van der Waals surface area contributed by atoms with E-state index in [0.29, 0.717) is 6.42 Å². The number of aliphatic carboxylic acids is 1. The van der Waals surface area contributed by atoms with Crippen molar-refractivity contribution in [3.8, 4) is 5.75 Å². The fourth-order valence-electron chi connectivity index (χ4n) is 1.67. The van der Waals surface area contributed by atoms with Crippen LogP contribution in [-0.2, 0) is 17.0 Å². The van der Waals surface area contributed by atoms with Crippen molar-refractivity contribution in [1.82, 2.24) is 0 Å². The van der Waals surface area contributed by atoms with Gasteiger partial charge in [0.15, 0.2) is 0 Å². The summed E-state index contributed by atoms with van der Waals surface area (Å²) < 4.78 is 5.13. The number of benzene rings is 1. The van der Waals surface area contributed by atoms with E-state index in [4.69, 9.17) is 9.84 Å². The maximum Gasteiger partial charge on any atom is 0.316 e. The molecule has 2 rings (SSSR count). The Morgan fingerprint density at radius 1 is 1.53 bits per heavy atom. The zero-order valence-electron chi connectivity index (χ0n) is 8.40. The quantitative estimate of drug-likeness (QED) is 0.834. The normalized spacial score (nSPS) is 19.4. The molecule has 3 nitrogen and oxygen atoms in total. The molecule has 0 fully saturated rings. The number of carbonyl (C=O) groups is 1. The minimum atomic E-state index is -0.721. The molecule has 0 bridgehead atoms. The summed E-state index contributed by atoms with van der Waals surface area (Å²) in [7, 11) is 1.64. The molecule has 1 unspecified atom stereocenters. The summed E-state index contributed by atoms with van der Waals surface area (Å²) in [5.41, 5.74) is 2.32. The number of rotatable bonds is 2. The number of thioether (sulfide) groups is 1. The van der Waals surface area contributed by atoms with Crippen LogP contribution in [0.2, 0.25) is 0 Å². The van der Waals surface area contributed by atoms with Gasteiger partial charge < -0.3 is 9.84 Å². The molecular formula is C11H12O3S. The maximum atomic E-state index is 10.8. The number of carboxylic acids is 1. The lowest BCUT2D eigenvalue weighted by molar-refractivity contribution is -0.136. The number of fused-ring (bicyclic) bond motifs is 1. The van der Waals surface area contributed by atoms with E-state index in [1.165, 1.54) is 17.3 Å². The van der Waals surface area contributed by atoms with Gasteiger partial charge in [0.05, 0.1) is 7.11 Å². The second kappa shape index (κ2) is 4.14. The van der Waals surface area contributed by atoms with E-state index in [-0.39, 0.29) is 5.25 Å². The molecule has 0 aromatic heterocycles. The van der Waals surface area contributed by atoms with Crippen molar-refractivity contribution < 1.29 is 14.6 Å². The highest BCUT2D eigenvalue weighted by molar-refractivity contribution is 7.99. The third kappa shape index (κ3) is 2.09. The van der Waals surface area contributed by atoms with Gasteiger partial charge >= 0.3 is 5.97 Å². The van der Waals surface area contributed by atoms with Gasteiger partial charge in [-0.25, -0.2) is 0 Å². The van der Waals surface area contributed by atoms with Crippen molar-refractivity contribution in [1.29, 1.82) is 0 Å². The minimum absolute atomic E-state index is 0.300. The number of hydrogen-bond acceptors (Lipinski definition) is 3. The molecule has 1 aliphatic rings. The third-order valence-corrected chi connectivity index (χ3v) is 3.78. The Kier molecular flexibility index (Phi) is 2.86. The Labute approximate surface area is 92.4 Å². The zero-order chi connectivity index (χ0) is 10.8. The van der Waals surface area contributed by atoms with Gasteiger partial charge in [0.1, 0.15) is 11.0 Å². The number of ether oxygens (including phenoxy) is 1. The first-order valence-corrected chi connectivity index (χ1v) is 5.76. The standard InChI is InChI=1S/C11H12O3S/c1-14-9-3-2-7-5-10(11(12)13)15-6-8(7)4-9/h2-4,10H,5-6H2,1H3,(H,12,13). The van der Waals surface area contributed by atoms with Crippen LogP contribution in [0.3, 0.4) is 0 Å². The van der Waals surface area contributed by atoms with Crippen molar-refractivity contribution in [2.45, 2.75) is 17.4 Å². The van der Waals surface area contributed by atoms with Crippen LogP contribution in [0, 0.1) is 0 Å². The van der Waals surface area contributed by atoms with E-state index in [2.05, 4.69) is 0 Å². The molecule has 1 aromatic carbocycles. The van der Waals surface area contributed by atoms with Crippen LogP contribution in [0.4, 0.5) is 0 Å². The summed E-state index contributed by atoms with van der Waals surface area (Å²) in [5, 5.41) is 8.62. The average molecular weight is 224 g/mol. The fraction of sp³-hybridized carbons (Fsp3) is 0.364. The molecular weight excluding hydrogens is 212 g/mol. The summed E-state index contributed by atoms with van der Waals surface area (Å²) in [5.74, 6) is 0.869. The van der Waals surface area contributed by atoms with Crippen LogP contribution < -0.4 is 4.74 Å². The maximum absolute atomic E-state index is 10.8. The van der Waals surface area contributed by atoms with Gasteiger partial charge in [0.2, 0.25) is 0 Å². The molecule has 80 valence electrons. The topological polar surface area (TPSA) is 46.5 Å². The molecule has 0 saturated carbocycles. The first kappa shape index (κ1) is 10.4. The second-order valence-corrected chi connectivity index (χ2v) is 4.67. The Hall–Kier alpha value is -1.16. The lowest BCUT2D eigenvalue weighted by Crippen LogP contribution is -2.23. The lowest BCUT2D eigenvalue weighted by Gasteiger charge is -2.21. The van der Waals surface area contributed by atoms with Crippen molar-refractivity contribution in [2.75, 3.05) is 7.11 Å². The van der Waals surface area contributed by atoms with Crippen LogP contribution in [0.15, 0.2) is 18.2 Å². The van der Waals surface area contributed by atoms with E-state index in [1.54, 1.807) is 7.11 Å². The van der Waals surface area contributed by atoms with E-state index < -0.39 is 5.97 Å². The van der Waals surface area contributed by atoms with Crippen molar-refractivity contribution in [3.63, 3.8) is 0 Å². The molecule has 4 heteroatoms. The predicted molar refractivity (Wildman–Crippen MR) is 59.4 cm³/mol. The average Bonchev–Trinajstić information content (AvgIpc) is 2.27. The van der Waals surface area contributed by atoms with E-state index >= 15 is 0 Å². The Morgan fingerprint density at radius 2 is 2.33 bits per heavy atom. The van der Waals surface area contributed by atoms with Crippen molar-refractivity contribution >= 4 is 17.7 Å². The molecule has 0 spiro atoms. The molecule has 1 atom stereocenters.